The summed E-state index contributed by atoms with van der Waals surface area (Å²) in [6.45, 7) is 2.09. The highest BCUT2D eigenvalue weighted by molar-refractivity contribution is 5.93. The normalized spacial score (nSPS) is 45.4. The van der Waals surface area contributed by atoms with E-state index in [1.54, 1.807) is 12.5 Å². The van der Waals surface area contributed by atoms with E-state index >= 15 is 0 Å². The molecule has 1 aromatic heterocycles. The van der Waals surface area contributed by atoms with Crippen molar-refractivity contribution in [3.63, 3.8) is 0 Å². The molecule has 1 aromatic rings. The van der Waals surface area contributed by atoms with Crippen LogP contribution in [0.15, 0.2) is 23.0 Å². The molecule has 3 heterocycles. The van der Waals surface area contributed by atoms with Gasteiger partial charge in [-0.25, -0.2) is 0 Å². The Balaban J connectivity index is 1.55. The molecule has 6 heteroatoms. The van der Waals surface area contributed by atoms with Crippen LogP contribution in [0.25, 0.3) is 0 Å². The van der Waals surface area contributed by atoms with E-state index in [9.17, 15) is 14.4 Å². The maximum atomic E-state index is 12.8. The lowest BCUT2D eigenvalue weighted by Crippen LogP contribution is -2.57. The number of carbonyl (C=O) groups excluding carboxylic acids is 3. The van der Waals surface area contributed by atoms with E-state index < -0.39 is 5.92 Å². The Morgan fingerprint density at radius 2 is 1.96 bits per heavy atom. The Hall–Kier alpha value is -2.11. The topological polar surface area (TPSA) is 82.8 Å². The molecular formula is C19H20O6. The number of carbonyl (C=O) groups is 3. The average molecular weight is 344 g/mol. The number of hydrogen-bond acceptors (Lipinski definition) is 6. The van der Waals surface area contributed by atoms with Gasteiger partial charge in [0.25, 0.3) is 0 Å². The highest BCUT2D eigenvalue weighted by atomic mass is 16.6. The Bertz CT molecular complexity index is 752. The van der Waals surface area contributed by atoms with Crippen LogP contribution in [-0.4, -0.2) is 23.8 Å². The number of ketones is 1. The third kappa shape index (κ3) is 1.99. The largest absolute Gasteiger partial charge is 0.472 e. The number of Topliss-reactive ketones (excluding diaryl/α,β-unsaturated/α-hetero) is 1. The molecule has 2 aliphatic heterocycles. The molecule has 6 nitrogen and oxygen atoms in total. The molecular weight excluding hydrogens is 324 g/mol. The third-order valence-electron chi connectivity index (χ3n) is 6.99. The molecule has 2 aliphatic carbocycles. The highest BCUT2D eigenvalue weighted by Crippen LogP contribution is 2.61. The van der Waals surface area contributed by atoms with E-state index in [0.29, 0.717) is 19.3 Å². The molecule has 4 fully saturated rings. The summed E-state index contributed by atoms with van der Waals surface area (Å²) < 4.78 is 16.2. The zero-order chi connectivity index (χ0) is 17.3. The third-order valence-corrected chi connectivity index (χ3v) is 6.99. The van der Waals surface area contributed by atoms with Gasteiger partial charge in [0.15, 0.2) is 0 Å². The van der Waals surface area contributed by atoms with E-state index in [2.05, 4.69) is 6.92 Å². The van der Waals surface area contributed by atoms with Crippen LogP contribution in [-0.2, 0) is 23.9 Å². The van der Waals surface area contributed by atoms with Gasteiger partial charge in [-0.3, -0.25) is 14.4 Å². The summed E-state index contributed by atoms with van der Waals surface area (Å²) in [5.41, 5.74) is 0.466. The van der Waals surface area contributed by atoms with Crippen LogP contribution in [0, 0.1) is 29.1 Å². The first-order chi connectivity index (χ1) is 12.0. The first kappa shape index (κ1) is 15.2. The smallest absolute Gasteiger partial charge is 0.310 e. The summed E-state index contributed by atoms with van der Waals surface area (Å²) in [4.78, 5) is 37.6. The number of esters is 2. The van der Waals surface area contributed by atoms with Crippen molar-refractivity contribution in [2.45, 2.75) is 44.8 Å². The number of furan rings is 1. The van der Waals surface area contributed by atoms with Gasteiger partial charge >= 0.3 is 11.9 Å². The van der Waals surface area contributed by atoms with Gasteiger partial charge in [0.05, 0.1) is 24.4 Å². The van der Waals surface area contributed by atoms with Gasteiger partial charge < -0.3 is 13.9 Å². The minimum atomic E-state index is -0.433. The molecule has 2 saturated heterocycles. The van der Waals surface area contributed by atoms with Crippen molar-refractivity contribution in [2.75, 3.05) is 0 Å². The quantitative estimate of drug-likeness (QED) is 0.728. The lowest BCUT2D eigenvalue weighted by atomic mass is 9.49. The van der Waals surface area contributed by atoms with E-state index in [-0.39, 0.29) is 59.5 Å². The van der Waals surface area contributed by atoms with Gasteiger partial charge in [0.2, 0.25) is 0 Å². The molecule has 7 atom stereocenters. The molecule has 0 aromatic carbocycles. The van der Waals surface area contributed by atoms with Crippen molar-refractivity contribution >= 4 is 17.7 Å². The molecule has 2 bridgehead atoms. The van der Waals surface area contributed by atoms with Crippen molar-refractivity contribution in [1.82, 2.24) is 0 Å². The van der Waals surface area contributed by atoms with Gasteiger partial charge in [0, 0.05) is 17.9 Å². The highest BCUT2D eigenvalue weighted by Gasteiger charge is 2.64. The van der Waals surface area contributed by atoms with Gasteiger partial charge in [-0.15, -0.1) is 0 Å². The Kier molecular flexibility index (Phi) is 3.01. The molecule has 0 spiro atoms. The summed E-state index contributed by atoms with van der Waals surface area (Å²) in [7, 11) is 0. The van der Waals surface area contributed by atoms with Crippen LogP contribution >= 0.6 is 0 Å². The fraction of sp³-hybridized carbons (Fsp3) is 0.632. The van der Waals surface area contributed by atoms with E-state index in [0.717, 1.165) is 5.56 Å². The minimum absolute atomic E-state index is 0.0174. The molecule has 132 valence electrons. The Morgan fingerprint density at radius 1 is 1.12 bits per heavy atom. The molecule has 2 saturated carbocycles. The van der Waals surface area contributed by atoms with Crippen LogP contribution in [0.3, 0.4) is 0 Å². The predicted octanol–water partition coefficient (Wildman–Crippen LogP) is 2.43. The summed E-state index contributed by atoms with van der Waals surface area (Å²) in [5, 5.41) is 0. The SMILES string of the molecule is C[C@@]12C[C@@H](c3ccoc3)OC(=O)[C@H]1CC(=O)[C@@H]1[C@@H]3C[C@H](C[C@H]12)OC3=O. The Morgan fingerprint density at radius 3 is 2.72 bits per heavy atom. The maximum absolute atomic E-state index is 12.8. The van der Waals surface area contributed by atoms with Crippen LogP contribution in [0.4, 0.5) is 0 Å². The second-order valence-electron chi connectivity index (χ2n) is 8.18. The molecule has 0 N–H and O–H groups in total. The summed E-state index contributed by atoms with van der Waals surface area (Å²) in [5.74, 6) is -1.63. The fourth-order valence-corrected chi connectivity index (χ4v) is 5.74. The first-order valence-corrected chi connectivity index (χ1v) is 8.93. The van der Waals surface area contributed by atoms with E-state index in [1.165, 1.54) is 0 Å². The zero-order valence-corrected chi connectivity index (χ0v) is 14.0. The fourth-order valence-electron chi connectivity index (χ4n) is 5.74. The minimum Gasteiger partial charge on any atom is -0.472 e. The van der Waals surface area contributed by atoms with Crippen LogP contribution in [0.1, 0.15) is 44.3 Å². The standard InChI is InChI=1S/C19H20O6/c1-19-7-15(9-2-3-23-8-9)25-18(22)13(19)6-14(20)16-11-4-10(5-12(16)19)24-17(11)21/h2-3,8,10-13,15-16H,4-7H2,1H3/t10-,11+,12-,13-,15+,16-,19+/m1/s1. The summed E-state index contributed by atoms with van der Waals surface area (Å²) in [6, 6.07) is 1.81. The summed E-state index contributed by atoms with van der Waals surface area (Å²) in [6.07, 6.45) is 4.81. The van der Waals surface area contributed by atoms with E-state index in [1.807, 2.05) is 6.07 Å². The molecule has 25 heavy (non-hydrogen) atoms. The number of ether oxygens (including phenoxy) is 2. The summed E-state index contributed by atoms with van der Waals surface area (Å²) >= 11 is 0. The monoisotopic (exact) mass is 344 g/mol. The zero-order valence-electron chi connectivity index (χ0n) is 14.0. The van der Waals surface area contributed by atoms with Crippen molar-refractivity contribution in [1.29, 1.82) is 0 Å². The Labute approximate surface area is 144 Å². The number of hydrogen-bond donors (Lipinski definition) is 0. The molecule has 0 amide bonds. The molecule has 5 rings (SSSR count). The van der Waals surface area contributed by atoms with Crippen molar-refractivity contribution in [3.8, 4) is 0 Å². The first-order valence-electron chi connectivity index (χ1n) is 8.93. The molecule has 0 unspecified atom stereocenters. The molecule has 4 aliphatic rings. The van der Waals surface area contributed by atoms with E-state index in [4.69, 9.17) is 13.9 Å². The number of fused-ring (bicyclic) bond motifs is 6. The van der Waals surface area contributed by atoms with Crippen LogP contribution < -0.4 is 0 Å². The molecule has 0 radical (unpaired) electrons. The van der Waals surface area contributed by atoms with Gasteiger partial charge in [-0.05, 0) is 36.7 Å². The van der Waals surface area contributed by atoms with Gasteiger partial charge in [0.1, 0.15) is 18.0 Å². The van der Waals surface area contributed by atoms with Crippen molar-refractivity contribution < 1.29 is 28.3 Å². The number of cyclic esters (lactones) is 1. The lowest BCUT2D eigenvalue weighted by molar-refractivity contribution is -0.191. The average Bonchev–Trinajstić information content (AvgIpc) is 3.19. The van der Waals surface area contributed by atoms with Crippen LogP contribution in [0.2, 0.25) is 0 Å². The number of rotatable bonds is 1. The van der Waals surface area contributed by atoms with Crippen molar-refractivity contribution in [2.24, 2.45) is 29.1 Å². The van der Waals surface area contributed by atoms with Crippen molar-refractivity contribution in [3.05, 3.63) is 24.2 Å². The van der Waals surface area contributed by atoms with Crippen LogP contribution in [0.5, 0.6) is 0 Å². The second kappa shape index (κ2) is 4.96. The van der Waals surface area contributed by atoms with Gasteiger partial charge in [-0.2, -0.15) is 0 Å². The predicted molar refractivity (Wildman–Crippen MR) is 83.0 cm³/mol. The van der Waals surface area contributed by atoms with Gasteiger partial charge in [-0.1, -0.05) is 6.92 Å². The lowest BCUT2D eigenvalue weighted by Gasteiger charge is -2.54. The second-order valence-corrected chi connectivity index (χ2v) is 8.18. The maximum Gasteiger partial charge on any atom is 0.310 e.